The summed E-state index contributed by atoms with van der Waals surface area (Å²) in [5.74, 6) is 4.24. The Balaban J connectivity index is 0.000000620. The lowest BCUT2D eigenvalue weighted by Crippen LogP contribution is -1.99. The number of H-pyrrole nitrogens is 1. The van der Waals surface area contributed by atoms with Gasteiger partial charge in [0.15, 0.2) is 5.65 Å². The molecule has 0 spiro atoms. The number of benzene rings is 1. The van der Waals surface area contributed by atoms with Crippen molar-refractivity contribution in [2.24, 2.45) is 5.90 Å². The molecule has 0 saturated heterocycles. The minimum absolute atomic E-state index is 0.743. The summed E-state index contributed by atoms with van der Waals surface area (Å²) in [6.45, 7) is 12.2. The normalized spacial score (nSPS) is 9.58. The number of aromatic amines is 1. The number of nitrogens with zero attached hydrogens (tertiary/aromatic N) is 4. The van der Waals surface area contributed by atoms with E-state index in [-0.39, 0.29) is 0 Å². The van der Waals surface area contributed by atoms with Crippen LogP contribution in [0.3, 0.4) is 0 Å². The Morgan fingerprint density at radius 2 is 1.81 bits per heavy atom. The molecule has 3 heterocycles. The zero-order valence-corrected chi connectivity index (χ0v) is 19.5. The first kappa shape index (κ1) is 25.8. The van der Waals surface area contributed by atoms with Gasteiger partial charge in [-0.3, -0.25) is 0 Å². The second kappa shape index (κ2) is 13.1. The van der Waals surface area contributed by atoms with Gasteiger partial charge in [-0.25, -0.2) is 20.5 Å². The molecule has 0 amide bonds. The first-order valence-electron chi connectivity index (χ1n) is 10.4. The molecule has 8 heteroatoms. The fraction of sp³-hybridized carbons (Fsp3) is 0.348. The summed E-state index contributed by atoms with van der Waals surface area (Å²) in [5.41, 5.74) is 6.30. The maximum Gasteiger partial charge on any atom is 0.156 e. The van der Waals surface area contributed by atoms with E-state index in [0.29, 0.717) is 0 Å². The highest BCUT2D eigenvalue weighted by Crippen LogP contribution is 2.33. The van der Waals surface area contributed by atoms with Crippen LogP contribution < -0.4 is 10.6 Å². The first-order valence-corrected chi connectivity index (χ1v) is 10.4. The molecule has 1 aromatic carbocycles. The average Bonchev–Trinajstić information content (AvgIpc) is 3.47. The molecule has 4 aromatic rings. The molecule has 0 saturated carbocycles. The van der Waals surface area contributed by atoms with Gasteiger partial charge in [-0.15, -0.1) is 0 Å². The van der Waals surface area contributed by atoms with E-state index in [2.05, 4.69) is 34.8 Å². The van der Waals surface area contributed by atoms with Crippen LogP contribution in [0.4, 0.5) is 0 Å². The molecule has 0 aliphatic carbocycles. The van der Waals surface area contributed by atoms with E-state index in [1.807, 2.05) is 64.4 Å². The van der Waals surface area contributed by atoms with Gasteiger partial charge in [-0.2, -0.15) is 5.10 Å². The first-order chi connectivity index (χ1) is 15.1. The summed E-state index contributed by atoms with van der Waals surface area (Å²) in [6, 6.07) is 7.84. The number of rotatable bonds is 3. The van der Waals surface area contributed by atoms with Gasteiger partial charge in [0.2, 0.25) is 0 Å². The van der Waals surface area contributed by atoms with E-state index in [9.17, 15) is 0 Å². The number of nitrogens with two attached hydrogens (primary N) is 1. The third kappa shape index (κ3) is 6.13. The Morgan fingerprint density at radius 3 is 2.39 bits per heavy atom. The van der Waals surface area contributed by atoms with Crippen LogP contribution in [-0.4, -0.2) is 37.0 Å². The van der Waals surface area contributed by atoms with Gasteiger partial charge in [0.1, 0.15) is 11.3 Å². The van der Waals surface area contributed by atoms with Gasteiger partial charge < -0.3 is 14.9 Å². The van der Waals surface area contributed by atoms with Crippen LogP contribution in [-0.2, 0) is 0 Å². The standard InChI is InChI=1S/C18H17N5O.C3H8.C2H6.H3NO/c1-11-10-19-18-16(11)22-17(12(2)21-18)14-6-5-13(9-15(14)24-3)23-8-4-7-20-23;1-3-2;2*1-2/h4-10H,1-3H3,(H,19,21);3H2,1-2H3;1-2H3;2H,1H2. The number of aromatic nitrogens is 5. The van der Waals surface area contributed by atoms with Gasteiger partial charge in [0, 0.05) is 30.2 Å². The molecule has 0 aliphatic heterocycles. The summed E-state index contributed by atoms with van der Waals surface area (Å²) < 4.78 is 7.40. The maximum absolute atomic E-state index is 6.50. The number of ether oxygens (including phenoxy) is 1. The van der Waals surface area contributed by atoms with Crippen molar-refractivity contribution in [1.29, 1.82) is 0 Å². The Hall–Kier alpha value is -3.23. The SMILES string of the molecule is CC.CCC.COc1cc(-n2cccn2)ccc1-c1nc2c(C)c[nH]c2nc1C.NO. The quantitative estimate of drug-likeness (QED) is 0.387. The van der Waals surface area contributed by atoms with E-state index in [1.165, 1.54) is 6.42 Å². The van der Waals surface area contributed by atoms with Crippen molar-refractivity contribution in [3.05, 3.63) is 54.1 Å². The van der Waals surface area contributed by atoms with E-state index in [1.54, 1.807) is 18.0 Å². The molecule has 3 aromatic heterocycles. The third-order valence-electron chi connectivity index (χ3n) is 4.08. The number of hydrogen-bond donors (Lipinski definition) is 3. The van der Waals surface area contributed by atoms with Crippen molar-refractivity contribution in [2.75, 3.05) is 7.11 Å². The van der Waals surface area contributed by atoms with Gasteiger partial charge in [-0.1, -0.05) is 34.1 Å². The summed E-state index contributed by atoms with van der Waals surface area (Å²) in [5, 5.41) is 10.8. The number of fused-ring (bicyclic) bond motifs is 1. The molecule has 0 atom stereocenters. The molecule has 0 unspecified atom stereocenters. The van der Waals surface area contributed by atoms with E-state index < -0.39 is 0 Å². The monoisotopic (exact) mass is 426 g/mol. The summed E-state index contributed by atoms with van der Waals surface area (Å²) in [4.78, 5) is 12.6. The molecule has 168 valence electrons. The fourth-order valence-corrected chi connectivity index (χ4v) is 2.83. The van der Waals surface area contributed by atoms with Crippen molar-refractivity contribution in [3.8, 4) is 22.7 Å². The van der Waals surface area contributed by atoms with Crippen molar-refractivity contribution in [3.63, 3.8) is 0 Å². The van der Waals surface area contributed by atoms with Crippen molar-refractivity contribution in [1.82, 2.24) is 24.7 Å². The predicted octanol–water partition coefficient (Wildman–Crippen LogP) is 5.21. The Bertz CT molecular complexity index is 1040. The highest BCUT2D eigenvalue weighted by molar-refractivity contribution is 5.80. The van der Waals surface area contributed by atoms with Gasteiger partial charge >= 0.3 is 0 Å². The lowest BCUT2D eigenvalue weighted by atomic mass is 10.1. The lowest BCUT2D eigenvalue weighted by Gasteiger charge is -2.12. The summed E-state index contributed by atoms with van der Waals surface area (Å²) >= 11 is 0. The Labute approximate surface area is 184 Å². The largest absolute Gasteiger partial charge is 0.496 e. The summed E-state index contributed by atoms with van der Waals surface area (Å²) in [6.07, 6.45) is 6.82. The van der Waals surface area contributed by atoms with Crippen LogP contribution in [0.2, 0.25) is 0 Å². The molecule has 0 bridgehead atoms. The van der Waals surface area contributed by atoms with E-state index in [0.717, 1.165) is 45.1 Å². The van der Waals surface area contributed by atoms with Crippen LogP contribution in [0.25, 0.3) is 28.1 Å². The minimum atomic E-state index is 0.743. The van der Waals surface area contributed by atoms with Gasteiger partial charge in [0.25, 0.3) is 0 Å². The zero-order valence-electron chi connectivity index (χ0n) is 19.5. The molecule has 4 rings (SSSR count). The van der Waals surface area contributed by atoms with Crippen LogP contribution in [0.15, 0.2) is 42.9 Å². The maximum atomic E-state index is 6.50. The van der Waals surface area contributed by atoms with Gasteiger partial charge in [-0.05, 0) is 37.6 Å². The molecular weight excluding hydrogens is 392 g/mol. The molecule has 8 nitrogen and oxygen atoms in total. The third-order valence-corrected chi connectivity index (χ3v) is 4.08. The lowest BCUT2D eigenvalue weighted by molar-refractivity contribution is 0.311. The number of hydrogen-bond acceptors (Lipinski definition) is 6. The zero-order chi connectivity index (χ0) is 23.4. The van der Waals surface area contributed by atoms with Crippen LogP contribution >= 0.6 is 0 Å². The number of methoxy groups -OCH3 is 1. The molecule has 0 aliphatic rings. The predicted molar refractivity (Wildman–Crippen MR) is 126 cm³/mol. The molecule has 31 heavy (non-hydrogen) atoms. The second-order valence-corrected chi connectivity index (χ2v) is 6.37. The average molecular weight is 427 g/mol. The Morgan fingerprint density at radius 1 is 1.13 bits per heavy atom. The fourth-order valence-electron chi connectivity index (χ4n) is 2.83. The van der Waals surface area contributed by atoms with E-state index >= 15 is 0 Å². The number of aryl methyl sites for hydroxylation is 2. The van der Waals surface area contributed by atoms with Crippen LogP contribution in [0.5, 0.6) is 5.75 Å². The van der Waals surface area contributed by atoms with E-state index in [4.69, 9.17) is 14.9 Å². The highest BCUT2D eigenvalue weighted by Gasteiger charge is 2.15. The van der Waals surface area contributed by atoms with Crippen molar-refractivity contribution >= 4 is 11.2 Å². The van der Waals surface area contributed by atoms with Crippen molar-refractivity contribution < 1.29 is 9.94 Å². The highest BCUT2D eigenvalue weighted by atomic mass is 16.5. The molecule has 0 radical (unpaired) electrons. The second-order valence-electron chi connectivity index (χ2n) is 6.37. The molecule has 4 N–H and O–H groups in total. The minimum Gasteiger partial charge on any atom is -0.496 e. The van der Waals surface area contributed by atoms with Gasteiger partial charge in [0.05, 0.1) is 24.2 Å². The molecule has 0 fully saturated rings. The van der Waals surface area contributed by atoms with Crippen LogP contribution in [0, 0.1) is 13.8 Å². The van der Waals surface area contributed by atoms with Crippen molar-refractivity contribution in [2.45, 2.75) is 48.0 Å². The summed E-state index contributed by atoms with van der Waals surface area (Å²) in [7, 11) is 1.66. The number of nitrogens with one attached hydrogen (secondary N) is 1. The smallest absolute Gasteiger partial charge is 0.156 e. The molecular formula is C23H34N6O2. The topological polar surface area (TPSA) is 115 Å². The Kier molecular flexibility index (Phi) is 10.9. The van der Waals surface area contributed by atoms with Crippen LogP contribution in [0.1, 0.15) is 45.4 Å².